The van der Waals surface area contributed by atoms with Crippen molar-refractivity contribution >= 4 is 17.3 Å². The fourth-order valence-corrected chi connectivity index (χ4v) is 1.27. The van der Waals surface area contributed by atoms with E-state index in [9.17, 15) is 0 Å². The van der Waals surface area contributed by atoms with Crippen LogP contribution in [0.2, 0.25) is 5.15 Å². The molecular weight excluding hydrogens is 188 g/mol. The van der Waals surface area contributed by atoms with Crippen molar-refractivity contribution < 1.29 is 4.42 Å². The summed E-state index contributed by atoms with van der Waals surface area (Å²) in [5.41, 5.74) is 8.08. The first-order valence-electron chi connectivity index (χ1n) is 3.71. The summed E-state index contributed by atoms with van der Waals surface area (Å²) in [4.78, 5) is 3.94. The Kier molecular flexibility index (Phi) is 1.94. The molecule has 13 heavy (non-hydrogen) atoms. The van der Waals surface area contributed by atoms with Crippen LogP contribution < -0.4 is 5.73 Å². The molecule has 0 bridgehead atoms. The minimum Gasteiger partial charge on any atom is -0.472 e. The number of anilines is 1. The number of nitrogen functional groups attached to an aromatic ring is 1. The summed E-state index contributed by atoms with van der Waals surface area (Å²) in [6, 6.07) is 3.44. The zero-order valence-electron chi connectivity index (χ0n) is 6.70. The first kappa shape index (κ1) is 8.13. The Labute approximate surface area is 80.1 Å². The van der Waals surface area contributed by atoms with Crippen molar-refractivity contribution in [3.05, 3.63) is 36.0 Å². The summed E-state index contributed by atoms with van der Waals surface area (Å²) in [7, 11) is 0. The minimum absolute atomic E-state index is 0.393. The Hall–Kier alpha value is -1.48. The summed E-state index contributed by atoms with van der Waals surface area (Å²) in [5.74, 6) is 0. The lowest BCUT2D eigenvalue weighted by molar-refractivity contribution is 0.568. The van der Waals surface area contributed by atoms with Crippen LogP contribution in [0.4, 0.5) is 5.69 Å². The summed E-state index contributed by atoms with van der Waals surface area (Å²) in [5, 5.41) is 0.393. The number of hydrogen-bond donors (Lipinski definition) is 1. The monoisotopic (exact) mass is 194 g/mol. The number of hydrogen-bond acceptors (Lipinski definition) is 3. The Morgan fingerprint density at radius 3 is 2.92 bits per heavy atom. The second-order valence-electron chi connectivity index (χ2n) is 2.61. The average molecular weight is 195 g/mol. The van der Waals surface area contributed by atoms with Gasteiger partial charge in [-0.05, 0) is 12.1 Å². The van der Waals surface area contributed by atoms with Crippen LogP contribution in [0.3, 0.4) is 0 Å². The maximum Gasteiger partial charge on any atom is 0.131 e. The molecule has 0 saturated heterocycles. The third-order valence-corrected chi connectivity index (χ3v) is 1.94. The predicted octanol–water partition coefficient (Wildman–Crippen LogP) is 2.58. The molecule has 0 aliphatic rings. The van der Waals surface area contributed by atoms with Gasteiger partial charge in [0, 0.05) is 23.0 Å². The van der Waals surface area contributed by atoms with Crippen LogP contribution in [0.25, 0.3) is 11.1 Å². The number of pyridine rings is 1. The highest BCUT2D eigenvalue weighted by atomic mass is 35.5. The largest absolute Gasteiger partial charge is 0.472 e. The van der Waals surface area contributed by atoms with Crippen LogP contribution >= 0.6 is 11.6 Å². The molecule has 0 amide bonds. The Morgan fingerprint density at radius 1 is 1.46 bits per heavy atom. The Balaban J connectivity index is 2.53. The van der Waals surface area contributed by atoms with Gasteiger partial charge >= 0.3 is 0 Å². The zero-order chi connectivity index (χ0) is 9.26. The molecule has 3 nitrogen and oxygen atoms in total. The molecule has 2 N–H and O–H groups in total. The minimum atomic E-state index is 0.393. The molecule has 0 aromatic carbocycles. The zero-order valence-corrected chi connectivity index (χ0v) is 7.45. The number of nitrogens with two attached hydrogens (primary N) is 1. The molecule has 0 aliphatic heterocycles. The second kappa shape index (κ2) is 3.11. The summed E-state index contributed by atoms with van der Waals surface area (Å²) >= 11 is 5.66. The standard InChI is InChI=1S/C9H7ClN2O/c10-9-3-8(11)7(4-12-9)6-1-2-13-5-6/h1-5H,(H2,11,12). The van der Waals surface area contributed by atoms with Crippen LogP contribution in [-0.2, 0) is 0 Å². The van der Waals surface area contributed by atoms with E-state index in [1.807, 2.05) is 6.07 Å². The highest BCUT2D eigenvalue weighted by molar-refractivity contribution is 6.29. The lowest BCUT2D eigenvalue weighted by Gasteiger charge is -2.01. The number of aromatic nitrogens is 1. The fraction of sp³-hybridized carbons (Fsp3) is 0. The van der Waals surface area contributed by atoms with Crippen molar-refractivity contribution in [3.8, 4) is 11.1 Å². The second-order valence-corrected chi connectivity index (χ2v) is 2.99. The van der Waals surface area contributed by atoms with Gasteiger partial charge in [-0.15, -0.1) is 0 Å². The molecule has 0 radical (unpaired) electrons. The van der Waals surface area contributed by atoms with E-state index in [-0.39, 0.29) is 0 Å². The normalized spacial score (nSPS) is 10.2. The van der Waals surface area contributed by atoms with Crippen molar-refractivity contribution in [2.45, 2.75) is 0 Å². The van der Waals surface area contributed by atoms with E-state index in [2.05, 4.69) is 4.98 Å². The van der Waals surface area contributed by atoms with E-state index in [0.29, 0.717) is 10.8 Å². The van der Waals surface area contributed by atoms with Crippen molar-refractivity contribution in [2.24, 2.45) is 0 Å². The topological polar surface area (TPSA) is 52.0 Å². The maximum atomic E-state index is 5.75. The molecule has 2 heterocycles. The van der Waals surface area contributed by atoms with Gasteiger partial charge in [0.25, 0.3) is 0 Å². The van der Waals surface area contributed by atoms with E-state index in [1.54, 1.807) is 24.8 Å². The lowest BCUT2D eigenvalue weighted by Crippen LogP contribution is -1.90. The van der Waals surface area contributed by atoms with Crippen LogP contribution in [0, 0.1) is 0 Å². The van der Waals surface area contributed by atoms with Gasteiger partial charge in [-0.2, -0.15) is 0 Å². The molecule has 2 aromatic rings. The van der Waals surface area contributed by atoms with Gasteiger partial charge in [0.15, 0.2) is 0 Å². The number of furan rings is 1. The molecule has 2 aromatic heterocycles. The summed E-state index contributed by atoms with van der Waals surface area (Å²) in [6.07, 6.45) is 4.83. The van der Waals surface area contributed by atoms with E-state index < -0.39 is 0 Å². The smallest absolute Gasteiger partial charge is 0.131 e. The van der Waals surface area contributed by atoms with Gasteiger partial charge in [0.1, 0.15) is 5.15 Å². The number of nitrogens with zero attached hydrogens (tertiary/aromatic N) is 1. The molecule has 0 unspecified atom stereocenters. The summed E-state index contributed by atoms with van der Waals surface area (Å²) < 4.78 is 4.94. The number of halogens is 1. The predicted molar refractivity (Wildman–Crippen MR) is 51.4 cm³/mol. The Morgan fingerprint density at radius 2 is 2.31 bits per heavy atom. The molecule has 0 spiro atoms. The summed E-state index contributed by atoms with van der Waals surface area (Å²) in [6.45, 7) is 0. The number of rotatable bonds is 1. The molecule has 66 valence electrons. The highest BCUT2D eigenvalue weighted by Crippen LogP contribution is 2.26. The highest BCUT2D eigenvalue weighted by Gasteiger charge is 2.04. The molecule has 2 rings (SSSR count). The van der Waals surface area contributed by atoms with Gasteiger partial charge in [-0.1, -0.05) is 11.6 Å². The Bertz CT molecular complexity index is 412. The molecule has 0 atom stereocenters. The van der Waals surface area contributed by atoms with Crippen molar-refractivity contribution in [1.82, 2.24) is 4.98 Å². The first-order chi connectivity index (χ1) is 6.27. The van der Waals surface area contributed by atoms with Crippen LogP contribution in [0.15, 0.2) is 35.3 Å². The average Bonchev–Trinajstić information content (AvgIpc) is 2.56. The van der Waals surface area contributed by atoms with E-state index in [0.717, 1.165) is 11.1 Å². The van der Waals surface area contributed by atoms with Crippen LogP contribution in [0.1, 0.15) is 0 Å². The van der Waals surface area contributed by atoms with Crippen molar-refractivity contribution in [3.63, 3.8) is 0 Å². The molecule has 4 heteroatoms. The third-order valence-electron chi connectivity index (χ3n) is 1.73. The maximum absolute atomic E-state index is 5.75. The molecular formula is C9H7ClN2O. The fourth-order valence-electron chi connectivity index (χ4n) is 1.10. The molecule has 0 aliphatic carbocycles. The van der Waals surface area contributed by atoms with Gasteiger partial charge in [0.2, 0.25) is 0 Å². The lowest BCUT2D eigenvalue weighted by atomic mass is 10.1. The van der Waals surface area contributed by atoms with Gasteiger partial charge in [-0.25, -0.2) is 4.98 Å². The van der Waals surface area contributed by atoms with Crippen LogP contribution in [0.5, 0.6) is 0 Å². The third kappa shape index (κ3) is 1.51. The quantitative estimate of drug-likeness (QED) is 0.710. The van der Waals surface area contributed by atoms with E-state index >= 15 is 0 Å². The van der Waals surface area contributed by atoms with Gasteiger partial charge < -0.3 is 10.2 Å². The van der Waals surface area contributed by atoms with Crippen molar-refractivity contribution in [2.75, 3.05) is 5.73 Å². The van der Waals surface area contributed by atoms with Crippen LogP contribution in [-0.4, -0.2) is 4.98 Å². The van der Waals surface area contributed by atoms with E-state index in [4.69, 9.17) is 21.8 Å². The van der Waals surface area contributed by atoms with Crippen molar-refractivity contribution in [1.29, 1.82) is 0 Å². The first-order valence-corrected chi connectivity index (χ1v) is 4.09. The SMILES string of the molecule is Nc1cc(Cl)ncc1-c1ccoc1. The van der Waals surface area contributed by atoms with E-state index in [1.165, 1.54) is 0 Å². The van der Waals surface area contributed by atoms with Gasteiger partial charge in [-0.3, -0.25) is 0 Å². The van der Waals surface area contributed by atoms with Gasteiger partial charge in [0.05, 0.1) is 12.5 Å². The molecule has 0 saturated carbocycles. The molecule has 0 fully saturated rings.